The van der Waals surface area contributed by atoms with Gasteiger partial charge in [0.2, 0.25) is 0 Å². The van der Waals surface area contributed by atoms with Crippen LogP contribution in [-0.4, -0.2) is 36.5 Å². The van der Waals surface area contributed by atoms with Crippen molar-refractivity contribution < 1.29 is 19.1 Å². The number of nitrogens with one attached hydrogen (secondary N) is 2. The molecule has 7 nitrogen and oxygen atoms in total. The van der Waals surface area contributed by atoms with Crippen LogP contribution >= 0.6 is 22.7 Å². The number of ether oxygens (including phenoxy) is 1. The lowest BCUT2D eigenvalue weighted by Crippen LogP contribution is -2.39. The van der Waals surface area contributed by atoms with E-state index < -0.39 is 24.5 Å². The Hall–Kier alpha value is -3.04. The number of carbonyl (C=O) groups is 3. The molecule has 1 aromatic carbocycles. The van der Waals surface area contributed by atoms with Crippen molar-refractivity contribution in [3.8, 4) is 21.1 Å². The van der Waals surface area contributed by atoms with Crippen LogP contribution in [0.15, 0.2) is 47.8 Å². The number of aromatic nitrogens is 1. The predicted octanol–water partition coefficient (Wildman–Crippen LogP) is 3.08. The third kappa shape index (κ3) is 5.02. The van der Waals surface area contributed by atoms with Gasteiger partial charge in [-0.15, -0.1) is 22.7 Å². The zero-order valence-electron chi connectivity index (χ0n) is 14.9. The van der Waals surface area contributed by atoms with E-state index in [2.05, 4.69) is 5.32 Å². The minimum atomic E-state index is -0.694. The Morgan fingerprint density at radius 2 is 1.89 bits per heavy atom. The molecule has 3 rings (SSSR count). The van der Waals surface area contributed by atoms with E-state index in [0.29, 0.717) is 0 Å². The van der Waals surface area contributed by atoms with E-state index in [-0.39, 0.29) is 6.42 Å². The number of rotatable bonds is 6. The number of esters is 1. The molecule has 2 N–H and O–H groups in total. The Balaban J connectivity index is 1.73. The van der Waals surface area contributed by atoms with Gasteiger partial charge in [0.1, 0.15) is 5.01 Å². The number of nitrogens with zero attached hydrogens (tertiary/aromatic N) is 1. The summed E-state index contributed by atoms with van der Waals surface area (Å²) in [5.74, 6) is -1.26. The maximum atomic E-state index is 12.2. The summed E-state index contributed by atoms with van der Waals surface area (Å²) >= 11 is 2.95. The number of carbonyl (C=O) groups excluding carboxylic acids is 3. The van der Waals surface area contributed by atoms with Gasteiger partial charge < -0.3 is 10.1 Å². The lowest BCUT2D eigenvalue weighted by atomic mass is 10.2. The highest BCUT2D eigenvalue weighted by Crippen LogP contribution is 2.36. The zero-order chi connectivity index (χ0) is 19.9. The highest BCUT2D eigenvalue weighted by Gasteiger charge is 2.19. The Kier molecular flexibility index (Phi) is 6.51. The van der Waals surface area contributed by atoms with Gasteiger partial charge in [0.05, 0.1) is 17.0 Å². The predicted molar refractivity (Wildman–Crippen MR) is 108 cm³/mol. The maximum absolute atomic E-state index is 12.2. The van der Waals surface area contributed by atoms with Crippen molar-refractivity contribution in [3.63, 3.8) is 0 Å². The molecule has 0 radical (unpaired) electrons. The van der Waals surface area contributed by atoms with Crippen LogP contribution in [0.5, 0.6) is 0 Å². The monoisotopic (exact) mass is 415 g/mol. The molecule has 0 unspecified atom stereocenters. The number of amides is 3. The molecular weight excluding hydrogens is 398 g/mol. The van der Waals surface area contributed by atoms with Crippen LogP contribution in [0.2, 0.25) is 0 Å². The van der Waals surface area contributed by atoms with Crippen molar-refractivity contribution in [3.05, 3.63) is 52.7 Å². The van der Waals surface area contributed by atoms with E-state index in [1.54, 1.807) is 0 Å². The molecule has 0 atom stereocenters. The maximum Gasteiger partial charge on any atom is 0.321 e. The van der Waals surface area contributed by atoms with Gasteiger partial charge in [-0.05, 0) is 11.4 Å². The second kappa shape index (κ2) is 9.25. The average molecular weight is 415 g/mol. The lowest BCUT2D eigenvalue weighted by molar-refractivity contribution is -0.147. The van der Waals surface area contributed by atoms with Crippen molar-refractivity contribution in [2.24, 2.45) is 0 Å². The molecule has 3 aromatic rings. The second-order valence-corrected chi connectivity index (χ2v) is 7.63. The smallest absolute Gasteiger partial charge is 0.321 e. The fourth-order valence-electron chi connectivity index (χ4n) is 2.33. The molecule has 3 amide bonds. The molecule has 144 valence electrons. The van der Waals surface area contributed by atoms with Crippen LogP contribution in [0.25, 0.3) is 21.1 Å². The van der Waals surface area contributed by atoms with Gasteiger partial charge in [0.15, 0.2) is 6.61 Å². The zero-order valence-corrected chi connectivity index (χ0v) is 16.6. The van der Waals surface area contributed by atoms with Gasteiger partial charge in [-0.2, -0.15) is 0 Å². The van der Waals surface area contributed by atoms with Gasteiger partial charge in [-0.25, -0.2) is 9.78 Å². The molecule has 0 bridgehead atoms. The van der Waals surface area contributed by atoms with Gasteiger partial charge >= 0.3 is 12.0 Å². The first-order valence-corrected chi connectivity index (χ1v) is 10.0. The Morgan fingerprint density at radius 1 is 1.11 bits per heavy atom. The van der Waals surface area contributed by atoms with E-state index in [0.717, 1.165) is 26.0 Å². The van der Waals surface area contributed by atoms with Crippen LogP contribution in [-0.2, 0) is 20.7 Å². The van der Waals surface area contributed by atoms with Crippen LogP contribution in [0, 0.1) is 0 Å². The number of hydrogen-bond acceptors (Lipinski definition) is 7. The molecule has 0 aliphatic heterocycles. The lowest BCUT2D eigenvalue weighted by Gasteiger charge is -2.05. The van der Waals surface area contributed by atoms with Crippen LogP contribution in [0.3, 0.4) is 0 Å². The Bertz CT molecular complexity index is 968. The molecular formula is C19H17N3O4S2. The Morgan fingerprint density at radius 3 is 2.57 bits per heavy atom. The van der Waals surface area contributed by atoms with E-state index >= 15 is 0 Å². The number of hydrogen-bond donors (Lipinski definition) is 2. The average Bonchev–Trinajstić information content (AvgIpc) is 3.37. The minimum absolute atomic E-state index is 0.00894. The largest absolute Gasteiger partial charge is 0.455 e. The number of urea groups is 1. The molecule has 9 heteroatoms. The molecule has 2 aromatic heterocycles. The summed E-state index contributed by atoms with van der Waals surface area (Å²) in [6.45, 7) is -0.523. The topological polar surface area (TPSA) is 97.4 Å². The third-order valence-electron chi connectivity index (χ3n) is 3.62. The summed E-state index contributed by atoms with van der Waals surface area (Å²) in [6, 6.07) is 12.9. The molecule has 0 saturated heterocycles. The second-order valence-electron chi connectivity index (χ2n) is 5.60. The van der Waals surface area contributed by atoms with Crippen molar-refractivity contribution in [1.82, 2.24) is 15.6 Å². The van der Waals surface area contributed by atoms with Crippen molar-refractivity contribution in [1.29, 1.82) is 0 Å². The number of thiazole rings is 1. The number of thiophene rings is 1. The van der Waals surface area contributed by atoms with Gasteiger partial charge in [0.25, 0.3) is 5.91 Å². The van der Waals surface area contributed by atoms with Gasteiger partial charge in [-0.1, -0.05) is 36.4 Å². The van der Waals surface area contributed by atoms with Crippen molar-refractivity contribution in [2.75, 3.05) is 13.7 Å². The van der Waals surface area contributed by atoms with Crippen molar-refractivity contribution in [2.45, 2.75) is 6.42 Å². The normalized spacial score (nSPS) is 10.3. The van der Waals surface area contributed by atoms with Crippen molar-refractivity contribution >= 4 is 40.6 Å². The van der Waals surface area contributed by atoms with Crippen LogP contribution in [0.4, 0.5) is 4.79 Å². The summed E-state index contributed by atoms with van der Waals surface area (Å²) in [5, 5.41) is 7.04. The number of benzene rings is 1. The molecule has 0 aliphatic carbocycles. The van der Waals surface area contributed by atoms with Gasteiger partial charge in [-0.3, -0.25) is 14.9 Å². The van der Waals surface area contributed by atoms with E-state index in [4.69, 9.17) is 9.72 Å². The highest BCUT2D eigenvalue weighted by molar-refractivity contribution is 7.17. The SMILES string of the molecule is CNC(=O)NC(=O)COC(=O)Cc1sc(-c2ccccc2)nc1-c1cccs1. The summed E-state index contributed by atoms with van der Waals surface area (Å²) < 4.78 is 4.99. The minimum Gasteiger partial charge on any atom is -0.455 e. The third-order valence-corrected chi connectivity index (χ3v) is 5.60. The van der Waals surface area contributed by atoms with Gasteiger partial charge in [0, 0.05) is 17.5 Å². The first-order chi connectivity index (χ1) is 13.6. The summed E-state index contributed by atoms with van der Waals surface area (Å²) in [4.78, 5) is 41.3. The molecule has 0 fully saturated rings. The highest BCUT2D eigenvalue weighted by atomic mass is 32.1. The fourth-order valence-corrected chi connectivity index (χ4v) is 4.21. The molecule has 0 saturated carbocycles. The first kappa shape index (κ1) is 19.7. The van der Waals surface area contributed by atoms with Crippen LogP contribution in [0.1, 0.15) is 4.88 Å². The molecule has 2 heterocycles. The molecule has 0 spiro atoms. The molecule has 28 heavy (non-hydrogen) atoms. The van der Waals surface area contributed by atoms with Crippen LogP contribution < -0.4 is 10.6 Å². The first-order valence-electron chi connectivity index (χ1n) is 8.33. The van der Waals surface area contributed by atoms with E-state index in [1.165, 1.54) is 29.7 Å². The summed E-state index contributed by atoms with van der Waals surface area (Å²) in [5.41, 5.74) is 1.71. The summed E-state index contributed by atoms with van der Waals surface area (Å²) in [7, 11) is 1.38. The quantitative estimate of drug-likeness (QED) is 0.603. The van der Waals surface area contributed by atoms with E-state index in [9.17, 15) is 14.4 Å². The standard InChI is InChI=1S/C19H17N3O4S2/c1-20-19(25)21-15(23)11-26-16(24)10-14-17(13-8-5-9-27-13)22-18(28-14)12-6-3-2-4-7-12/h2-9H,10-11H2,1H3,(H2,20,21,23,25). The van der Waals surface area contributed by atoms with E-state index in [1.807, 2.05) is 53.2 Å². The molecule has 0 aliphatic rings. The number of imide groups is 1. The summed E-state index contributed by atoms with van der Waals surface area (Å²) in [6.07, 6.45) is -0.00894. The Labute approximate surface area is 169 Å². The fraction of sp³-hybridized carbons (Fsp3) is 0.158.